The molecule has 1 heterocycles. The van der Waals surface area contributed by atoms with Gasteiger partial charge < -0.3 is 15.2 Å². The second kappa shape index (κ2) is 4.13. The van der Waals surface area contributed by atoms with Gasteiger partial charge in [0.15, 0.2) is 0 Å². The van der Waals surface area contributed by atoms with Crippen molar-refractivity contribution in [2.24, 2.45) is 0 Å². The molecule has 0 radical (unpaired) electrons. The van der Waals surface area contributed by atoms with Gasteiger partial charge in [0, 0.05) is 21.0 Å². The SMILES string of the molecule is O=C(O)CCn1nc([N+](=O)[O-])nc1Br. The average molecular weight is 265 g/mol. The Labute approximate surface area is 85.8 Å². The van der Waals surface area contributed by atoms with E-state index in [0.29, 0.717) is 0 Å². The molecule has 0 aliphatic heterocycles. The highest BCUT2D eigenvalue weighted by Crippen LogP contribution is 2.12. The minimum Gasteiger partial charge on any atom is -0.481 e. The van der Waals surface area contributed by atoms with E-state index in [4.69, 9.17) is 5.11 Å². The van der Waals surface area contributed by atoms with E-state index >= 15 is 0 Å². The maximum atomic E-state index is 10.2. The van der Waals surface area contributed by atoms with Crippen LogP contribution in [0.25, 0.3) is 0 Å². The Morgan fingerprint density at radius 2 is 2.36 bits per heavy atom. The topological polar surface area (TPSA) is 111 Å². The van der Waals surface area contributed by atoms with Crippen molar-refractivity contribution < 1.29 is 14.8 Å². The summed E-state index contributed by atoms with van der Waals surface area (Å²) in [5.74, 6) is -1.56. The van der Waals surface area contributed by atoms with Gasteiger partial charge in [-0.2, -0.15) is 4.68 Å². The quantitative estimate of drug-likeness (QED) is 0.623. The Balaban J connectivity index is 2.77. The highest BCUT2D eigenvalue weighted by molar-refractivity contribution is 9.10. The second-order valence-corrected chi connectivity index (χ2v) is 3.01. The van der Waals surface area contributed by atoms with Crippen LogP contribution in [-0.4, -0.2) is 30.8 Å². The third-order valence-electron chi connectivity index (χ3n) is 1.32. The van der Waals surface area contributed by atoms with E-state index in [1.54, 1.807) is 0 Å². The Morgan fingerprint density at radius 1 is 1.71 bits per heavy atom. The number of carbonyl (C=O) groups is 1. The number of hydrogen-bond donors (Lipinski definition) is 1. The van der Waals surface area contributed by atoms with E-state index in [-0.39, 0.29) is 17.7 Å². The van der Waals surface area contributed by atoms with Gasteiger partial charge in [0.1, 0.15) is 0 Å². The van der Waals surface area contributed by atoms with Crippen molar-refractivity contribution in [3.8, 4) is 0 Å². The van der Waals surface area contributed by atoms with Crippen LogP contribution < -0.4 is 0 Å². The van der Waals surface area contributed by atoms with Gasteiger partial charge in [0.2, 0.25) is 0 Å². The number of aromatic nitrogens is 3. The van der Waals surface area contributed by atoms with E-state index < -0.39 is 16.8 Å². The number of aryl methyl sites for hydroxylation is 1. The number of hydrogen-bond acceptors (Lipinski definition) is 5. The maximum absolute atomic E-state index is 10.2. The largest absolute Gasteiger partial charge is 0.492 e. The average Bonchev–Trinajstić information content (AvgIpc) is 2.43. The molecule has 1 aromatic rings. The van der Waals surface area contributed by atoms with Crippen LogP contribution in [-0.2, 0) is 11.3 Å². The monoisotopic (exact) mass is 264 g/mol. The van der Waals surface area contributed by atoms with Crippen LogP contribution in [0.4, 0.5) is 5.95 Å². The Kier molecular flexibility index (Phi) is 3.12. The van der Waals surface area contributed by atoms with E-state index in [0.717, 1.165) is 4.68 Å². The van der Waals surface area contributed by atoms with Crippen molar-refractivity contribution in [1.82, 2.24) is 14.8 Å². The number of rotatable bonds is 4. The number of nitro groups is 1. The molecule has 76 valence electrons. The molecule has 0 aromatic carbocycles. The van der Waals surface area contributed by atoms with Crippen molar-refractivity contribution in [3.05, 3.63) is 14.8 Å². The number of carboxylic acid groups (broad SMARTS) is 1. The van der Waals surface area contributed by atoms with Gasteiger partial charge in [-0.1, -0.05) is 0 Å². The Bertz CT molecular complexity index is 376. The summed E-state index contributed by atoms with van der Waals surface area (Å²) in [6.07, 6.45) is -0.168. The first-order valence-electron chi connectivity index (χ1n) is 3.47. The first-order valence-corrected chi connectivity index (χ1v) is 4.26. The lowest BCUT2D eigenvalue weighted by atomic mass is 10.4. The molecule has 0 aliphatic carbocycles. The zero-order valence-corrected chi connectivity index (χ0v) is 8.34. The van der Waals surface area contributed by atoms with Gasteiger partial charge in [-0.25, -0.2) is 0 Å². The molecule has 0 bridgehead atoms. The summed E-state index contributed by atoms with van der Waals surface area (Å²) in [4.78, 5) is 23.2. The standard InChI is InChI=1S/C5H5BrN4O4/c6-4-7-5(10(13)14)8-9(4)2-1-3(11)12/h1-2H2,(H,11,12). The minimum atomic E-state index is -1.00. The van der Waals surface area contributed by atoms with Crippen LogP contribution in [0.3, 0.4) is 0 Å². The highest BCUT2D eigenvalue weighted by Gasteiger charge is 2.19. The summed E-state index contributed by atoms with van der Waals surface area (Å²) < 4.78 is 1.26. The Morgan fingerprint density at radius 3 is 2.79 bits per heavy atom. The van der Waals surface area contributed by atoms with Crippen LogP contribution in [0.1, 0.15) is 6.42 Å². The third-order valence-corrected chi connectivity index (χ3v) is 1.90. The first kappa shape index (κ1) is 10.6. The lowest BCUT2D eigenvalue weighted by molar-refractivity contribution is -0.394. The van der Waals surface area contributed by atoms with Crippen LogP contribution in [0, 0.1) is 10.1 Å². The number of nitrogens with zero attached hydrogens (tertiary/aromatic N) is 4. The van der Waals surface area contributed by atoms with Crippen LogP contribution in [0.2, 0.25) is 0 Å². The van der Waals surface area contributed by atoms with Crippen LogP contribution >= 0.6 is 15.9 Å². The predicted molar refractivity (Wildman–Crippen MR) is 46.6 cm³/mol. The summed E-state index contributed by atoms with van der Waals surface area (Å²) in [6.45, 7) is 0.0384. The minimum absolute atomic E-state index is 0.0384. The van der Waals surface area contributed by atoms with Gasteiger partial charge >= 0.3 is 11.9 Å². The summed E-state index contributed by atoms with van der Waals surface area (Å²) in [5.41, 5.74) is 0. The smallest absolute Gasteiger partial charge is 0.481 e. The van der Waals surface area contributed by atoms with Crippen molar-refractivity contribution >= 4 is 27.8 Å². The molecule has 0 fully saturated rings. The predicted octanol–water partition coefficient (Wildman–Crippen LogP) is 0.424. The van der Waals surface area contributed by atoms with E-state index in [2.05, 4.69) is 26.0 Å². The van der Waals surface area contributed by atoms with Crippen molar-refractivity contribution in [2.45, 2.75) is 13.0 Å². The zero-order chi connectivity index (χ0) is 10.7. The summed E-state index contributed by atoms with van der Waals surface area (Å²) in [7, 11) is 0. The third kappa shape index (κ3) is 2.49. The zero-order valence-electron chi connectivity index (χ0n) is 6.75. The molecule has 9 heteroatoms. The van der Waals surface area contributed by atoms with Crippen molar-refractivity contribution in [3.63, 3.8) is 0 Å². The molecule has 0 aliphatic rings. The van der Waals surface area contributed by atoms with Gasteiger partial charge in [-0.05, 0) is 9.91 Å². The van der Waals surface area contributed by atoms with E-state index in [1.807, 2.05) is 0 Å². The molecule has 14 heavy (non-hydrogen) atoms. The van der Waals surface area contributed by atoms with E-state index in [9.17, 15) is 14.9 Å². The molecular formula is C5H5BrN4O4. The number of aliphatic carboxylic acids is 1. The van der Waals surface area contributed by atoms with Gasteiger partial charge in [-0.15, -0.1) is 0 Å². The highest BCUT2D eigenvalue weighted by atomic mass is 79.9. The molecule has 0 spiro atoms. The number of carboxylic acids is 1. The van der Waals surface area contributed by atoms with E-state index in [1.165, 1.54) is 0 Å². The normalized spacial score (nSPS) is 10.1. The molecule has 1 rings (SSSR count). The lowest BCUT2D eigenvalue weighted by Crippen LogP contribution is -2.06. The molecule has 1 aromatic heterocycles. The molecular weight excluding hydrogens is 260 g/mol. The Hall–Kier alpha value is -1.51. The summed E-state index contributed by atoms with van der Waals surface area (Å²) in [6, 6.07) is 0. The molecule has 0 unspecified atom stereocenters. The lowest BCUT2D eigenvalue weighted by Gasteiger charge is -1.92. The molecule has 0 saturated carbocycles. The number of halogens is 1. The fourth-order valence-corrected chi connectivity index (χ4v) is 1.15. The fourth-order valence-electron chi connectivity index (χ4n) is 0.733. The van der Waals surface area contributed by atoms with Gasteiger partial charge in [0.25, 0.3) is 4.73 Å². The summed E-state index contributed by atoms with van der Waals surface area (Å²) in [5, 5.41) is 22.1. The molecule has 8 nitrogen and oxygen atoms in total. The molecule has 0 atom stereocenters. The van der Waals surface area contributed by atoms with Gasteiger partial charge in [-0.3, -0.25) is 4.79 Å². The maximum Gasteiger partial charge on any atom is 0.492 e. The van der Waals surface area contributed by atoms with Crippen LogP contribution in [0.15, 0.2) is 4.73 Å². The van der Waals surface area contributed by atoms with Crippen molar-refractivity contribution in [1.29, 1.82) is 0 Å². The van der Waals surface area contributed by atoms with Gasteiger partial charge in [0.05, 0.1) is 13.0 Å². The molecule has 0 amide bonds. The molecule has 0 saturated heterocycles. The second-order valence-electron chi connectivity index (χ2n) is 2.30. The van der Waals surface area contributed by atoms with Crippen LogP contribution in [0.5, 0.6) is 0 Å². The fraction of sp³-hybridized carbons (Fsp3) is 0.400. The summed E-state index contributed by atoms with van der Waals surface area (Å²) >= 11 is 2.93. The van der Waals surface area contributed by atoms with Crippen molar-refractivity contribution in [2.75, 3.05) is 0 Å². The molecule has 1 N–H and O–H groups in total. The first-order chi connectivity index (χ1) is 6.50.